The van der Waals surface area contributed by atoms with Crippen LogP contribution in [0.2, 0.25) is 0 Å². The lowest BCUT2D eigenvalue weighted by Crippen LogP contribution is -2.17. The maximum atomic E-state index is 5.61. The summed E-state index contributed by atoms with van der Waals surface area (Å²) < 4.78 is 1.68. The summed E-state index contributed by atoms with van der Waals surface area (Å²) in [5.74, 6) is 0. The van der Waals surface area contributed by atoms with Crippen LogP contribution in [0, 0.1) is 0 Å². The molecule has 11 heavy (non-hydrogen) atoms. The highest BCUT2D eigenvalue weighted by Gasteiger charge is 1.99. The van der Waals surface area contributed by atoms with Gasteiger partial charge in [-0.3, -0.25) is 0 Å². The van der Waals surface area contributed by atoms with Crippen molar-refractivity contribution < 1.29 is 0 Å². The van der Waals surface area contributed by atoms with Gasteiger partial charge < -0.3 is 5.73 Å². The van der Waals surface area contributed by atoms with E-state index in [1.807, 2.05) is 19.3 Å². The minimum atomic E-state index is 0.192. The van der Waals surface area contributed by atoms with Crippen molar-refractivity contribution in [3.8, 4) is 0 Å². The maximum absolute atomic E-state index is 5.61. The van der Waals surface area contributed by atoms with E-state index in [9.17, 15) is 0 Å². The lowest BCUT2D eigenvalue weighted by molar-refractivity contribution is 0.738. The third kappa shape index (κ3) is 2.20. The van der Waals surface area contributed by atoms with Gasteiger partial charge in [0.15, 0.2) is 0 Å². The van der Waals surface area contributed by atoms with Crippen LogP contribution in [0.1, 0.15) is 12.5 Å². The molecule has 0 aliphatic rings. The first-order valence-electron chi connectivity index (χ1n) is 3.63. The monoisotopic (exact) mass is 151 g/mol. The summed E-state index contributed by atoms with van der Waals surface area (Å²) >= 11 is 0. The van der Waals surface area contributed by atoms with Crippen molar-refractivity contribution in [2.24, 2.45) is 5.73 Å². The highest BCUT2D eigenvalue weighted by molar-refractivity contribution is 5.18. The van der Waals surface area contributed by atoms with Crippen LogP contribution in [0.5, 0.6) is 0 Å². The molecule has 1 atom stereocenters. The molecule has 2 N–H and O–H groups in total. The molecular formula is C8H13N3. The van der Waals surface area contributed by atoms with Gasteiger partial charge in [-0.25, -0.2) is 4.68 Å². The fourth-order valence-corrected chi connectivity index (χ4v) is 0.954. The SMILES string of the molecule is C=Cn1cc(C[C@H](C)N)cn1. The quantitative estimate of drug-likeness (QED) is 0.696. The maximum Gasteiger partial charge on any atom is 0.0526 e. The van der Waals surface area contributed by atoms with Crippen molar-refractivity contribution in [3.05, 3.63) is 24.5 Å². The van der Waals surface area contributed by atoms with E-state index in [2.05, 4.69) is 11.7 Å². The van der Waals surface area contributed by atoms with Crippen molar-refractivity contribution in [1.82, 2.24) is 9.78 Å². The van der Waals surface area contributed by atoms with Crippen LogP contribution in [0.25, 0.3) is 6.20 Å². The Bertz CT molecular complexity index is 237. The van der Waals surface area contributed by atoms with Crippen LogP contribution in [0.15, 0.2) is 19.0 Å². The molecule has 0 spiro atoms. The van der Waals surface area contributed by atoms with Crippen LogP contribution < -0.4 is 5.73 Å². The van der Waals surface area contributed by atoms with Crippen molar-refractivity contribution >= 4 is 6.20 Å². The zero-order valence-electron chi connectivity index (χ0n) is 6.70. The number of rotatable bonds is 3. The van der Waals surface area contributed by atoms with E-state index in [4.69, 9.17) is 5.73 Å². The fraction of sp³-hybridized carbons (Fsp3) is 0.375. The van der Waals surface area contributed by atoms with Gasteiger partial charge in [0.25, 0.3) is 0 Å². The normalized spacial score (nSPS) is 12.9. The Hall–Kier alpha value is -1.09. The molecule has 0 aliphatic carbocycles. The number of nitrogens with two attached hydrogens (primary N) is 1. The van der Waals surface area contributed by atoms with Gasteiger partial charge in [0.05, 0.1) is 6.20 Å². The van der Waals surface area contributed by atoms with Gasteiger partial charge in [0.1, 0.15) is 0 Å². The summed E-state index contributed by atoms with van der Waals surface area (Å²) in [5, 5.41) is 4.03. The minimum absolute atomic E-state index is 0.192. The van der Waals surface area contributed by atoms with E-state index in [1.54, 1.807) is 10.9 Å². The van der Waals surface area contributed by atoms with Crippen LogP contribution in [0.4, 0.5) is 0 Å². The Labute approximate surface area is 66.5 Å². The number of aromatic nitrogens is 2. The molecule has 1 aromatic heterocycles. The van der Waals surface area contributed by atoms with E-state index < -0.39 is 0 Å². The third-order valence-electron chi connectivity index (χ3n) is 1.40. The molecule has 0 bridgehead atoms. The minimum Gasteiger partial charge on any atom is -0.328 e. The zero-order chi connectivity index (χ0) is 8.27. The fourth-order valence-electron chi connectivity index (χ4n) is 0.954. The summed E-state index contributed by atoms with van der Waals surface area (Å²) in [7, 11) is 0. The lowest BCUT2D eigenvalue weighted by atomic mass is 10.1. The van der Waals surface area contributed by atoms with Crippen LogP contribution in [-0.2, 0) is 6.42 Å². The molecule has 0 aliphatic heterocycles. The largest absolute Gasteiger partial charge is 0.328 e. The zero-order valence-corrected chi connectivity index (χ0v) is 6.70. The first kappa shape index (κ1) is 8.01. The molecule has 0 saturated carbocycles. The smallest absolute Gasteiger partial charge is 0.0526 e. The van der Waals surface area contributed by atoms with Gasteiger partial charge in [0, 0.05) is 18.4 Å². The summed E-state index contributed by atoms with van der Waals surface area (Å²) in [4.78, 5) is 0. The van der Waals surface area contributed by atoms with Crippen LogP contribution in [-0.4, -0.2) is 15.8 Å². The average Bonchev–Trinajstić information content (AvgIpc) is 2.34. The molecule has 0 amide bonds. The predicted molar refractivity (Wildman–Crippen MR) is 46.0 cm³/mol. The van der Waals surface area contributed by atoms with E-state index in [-0.39, 0.29) is 6.04 Å². The first-order chi connectivity index (χ1) is 5.22. The van der Waals surface area contributed by atoms with Gasteiger partial charge in [0.2, 0.25) is 0 Å². The Morgan fingerprint density at radius 2 is 2.64 bits per heavy atom. The second kappa shape index (κ2) is 3.34. The Morgan fingerprint density at radius 3 is 3.09 bits per heavy atom. The molecule has 1 heterocycles. The Morgan fingerprint density at radius 1 is 1.91 bits per heavy atom. The highest BCUT2D eigenvalue weighted by atomic mass is 15.2. The second-order valence-corrected chi connectivity index (χ2v) is 2.69. The molecule has 0 unspecified atom stereocenters. The molecule has 0 saturated heterocycles. The molecule has 0 aromatic carbocycles. The van der Waals surface area contributed by atoms with E-state index in [0.717, 1.165) is 12.0 Å². The standard InChI is InChI=1S/C8H13N3/c1-3-11-6-8(5-10-11)4-7(2)9/h3,5-7H,1,4,9H2,2H3/t7-/m0/s1. The molecule has 1 rings (SSSR count). The topological polar surface area (TPSA) is 43.8 Å². The van der Waals surface area contributed by atoms with Gasteiger partial charge in [-0.05, 0) is 18.9 Å². The number of hydrogen-bond acceptors (Lipinski definition) is 2. The predicted octanol–water partition coefficient (Wildman–Crippen LogP) is 0.873. The van der Waals surface area contributed by atoms with Gasteiger partial charge in [-0.15, -0.1) is 0 Å². The van der Waals surface area contributed by atoms with Gasteiger partial charge in [-0.2, -0.15) is 5.10 Å². The average molecular weight is 151 g/mol. The number of nitrogens with zero attached hydrogens (tertiary/aromatic N) is 2. The van der Waals surface area contributed by atoms with E-state index in [0.29, 0.717) is 0 Å². The molecule has 0 fully saturated rings. The first-order valence-corrected chi connectivity index (χ1v) is 3.63. The van der Waals surface area contributed by atoms with Crippen molar-refractivity contribution in [1.29, 1.82) is 0 Å². The molecule has 3 heteroatoms. The molecular weight excluding hydrogens is 138 g/mol. The number of hydrogen-bond donors (Lipinski definition) is 1. The van der Waals surface area contributed by atoms with Crippen LogP contribution >= 0.6 is 0 Å². The Balaban J connectivity index is 2.65. The second-order valence-electron chi connectivity index (χ2n) is 2.69. The van der Waals surface area contributed by atoms with Gasteiger partial charge >= 0.3 is 0 Å². The lowest BCUT2D eigenvalue weighted by Gasteiger charge is -1.99. The summed E-state index contributed by atoms with van der Waals surface area (Å²) in [6.07, 6.45) is 6.26. The van der Waals surface area contributed by atoms with Crippen molar-refractivity contribution in [2.45, 2.75) is 19.4 Å². The summed E-state index contributed by atoms with van der Waals surface area (Å²) in [6, 6.07) is 0.192. The van der Waals surface area contributed by atoms with E-state index >= 15 is 0 Å². The van der Waals surface area contributed by atoms with Crippen molar-refractivity contribution in [2.75, 3.05) is 0 Å². The Kier molecular flexibility index (Phi) is 2.44. The summed E-state index contributed by atoms with van der Waals surface area (Å²) in [5.41, 5.74) is 6.76. The molecule has 1 aromatic rings. The molecule has 0 radical (unpaired) electrons. The van der Waals surface area contributed by atoms with Gasteiger partial charge in [-0.1, -0.05) is 6.58 Å². The third-order valence-corrected chi connectivity index (χ3v) is 1.40. The summed E-state index contributed by atoms with van der Waals surface area (Å²) in [6.45, 7) is 5.57. The molecule has 3 nitrogen and oxygen atoms in total. The van der Waals surface area contributed by atoms with Crippen LogP contribution in [0.3, 0.4) is 0 Å². The van der Waals surface area contributed by atoms with Crippen molar-refractivity contribution in [3.63, 3.8) is 0 Å². The highest BCUT2D eigenvalue weighted by Crippen LogP contribution is 2.00. The van der Waals surface area contributed by atoms with E-state index in [1.165, 1.54) is 0 Å². The molecule has 60 valence electrons.